The summed E-state index contributed by atoms with van der Waals surface area (Å²) in [6.45, 7) is 2.29. The SMILES string of the molecule is COCCNC(=O)CNS(=O)(=O)c1ccc(C)s1. The highest BCUT2D eigenvalue weighted by molar-refractivity contribution is 7.91. The van der Waals surface area contributed by atoms with E-state index in [0.29, 0.717) is 13.2 Å². The van der Waals surface area contributed by atoms with E-state index in [2.05, 4.69) is 10.0 Å². The van der Waals surface area contributed by atoms with E-state index in [4.69, 9.17) is 4.74 Å². The van der Waals surface area contributed by atoms with Gasteiger partial charge in [-0.2, -0.15) is 0 Å². The van der Waals surface area contributed by atoms with E-state index < -0.39 is 10.0 Å². The van der Waals surface area contributed by atoms with Gasteiger partial charge in [0.05, 0.1) is 13.2 Å². The van der Waals surface area contributed by atoms with E-state index in [1.165, 1.54) is 24.5 Å². The molecule has 8 heteroatoms. The summed E-state index contributed by atoms with van der Waals surface area (Å²) >= 11 is 1.17. The Morgan fingerprint density at radius 1 is 1.44 bits per heavy atom. The third-order valence-electron chi connectivity index (χ3n) is 2.03. The Morgan fingerprint density at radius 2 is 2.17 bits per heavy atom. The molecule has 0 radical (unpaired) electrons. The molecule has 1 rings (SSSR count). The molecule has 1 heterocycles. The summed E-state index contributed by atoms with van der Waals surface area (Å²) in [5, 5.41) is 2.53. The molecule has 0 aliphatic carbocycles. The highest BCUT2D eigenvalue weighted by atomic mass is 32.2. The normalized spacial score (nSPS) is 11.4. The molecule has 0 unspecified atom stereocenters. The van der Waals surface area contributed by atoms with Crippen LogP contribution < -0.4 is 10.0 Å². The van der Waals surface area contributed by atoms with E-state index in [9.17, 15) is 13.2 Å². The zero-order valence-corrected chi connectivity index (χ0v) is 11.9. The lowest BCUT2D eigenvalue weighted by Gasteiger charge is -2.06. The first-order chi connectivity index (χ1) is 8.45. The minimum atomic E-state index is -3.59. The monoisotopic (exact) mass is 292 g/mol. The van der Waals surface area contributed by atoms with E-state index in [0.717, 1.165) is 4.88 Å². The lowest BCUT2D eigenvalue weighted by molar-refractivity contribution is -0.120. The summed E-state index contributed by atoms with van der Waals surface area (Å²) in [5.41, 5.74) is 0. The Balaban J connectivity index is 2.45. The number of ether oxygens (including phenoxy) is 1. The summed E-state index contributed by atoms with van der Waals surface area (Å²) in [7, 11) is -2.07. The number of carbonyl (C=O) groups is 1. The molecule has 102 valence electrons. The van der Waals surface area contributed by atoms with Crippen molar-refractivity contribution < 1.29 is 17.9 Å². The van der Waals surface area contributed by atoms with Crippen LogP contribution in [0.15, 0.2) is 16.3 Å². The number of rotatable bonds is 7. The maximum Gasteiger partial charge on any atom is 0.250 e. The fourth-order valence-corrected chi connectivity index (χ4v) is 3.45. The largest absolute Gasteiger partial charge is 0.383 e. The first-order valence-electron chi connectivity index (χ1n) is 5.27. The molecule has 0 aromatic carbocycles. The second kappa shape index (κ2) is 6.83. The molecule has 2 N–H and O–H groups in total. The van der Waals surface area contributed by atoms with Crippen LogP contribution in [0.2, 0.25) is 0 Å². The predicted octanol–water partition coefficient (Wildman–Crippen LogP) is 0.0974. The number of hydrogen-bond acceptors (Lipinski definition) is 5. The number of sulfonamides is 1. The third kappa shape index (κ3) is 4.73. The molecule has 0 saturated heterocycles. The number of amides is 1. The van der Waals surface area contributed by atoms with Crippen molar-refractivity contribution in [1.82, 2.24) is 10.0 Å². The average Bonchev–Trinajstić information content (AvgIpc) is 2.75. The third-order valence-corrected chi connectivity index (χ3v) is 4.93. The van der Waals surface area contributed by atoms with Gasteiger partial charge in [0.1, 0.15) is 4.21 Å². The van der Waals surface area contributed by atoms with Crippen LogP contribution in [-0.2, 0) is 19.6 Å². The van der Waals surface area contributed by atoms with Gasteiger partial charge in [-0.3, -0.25) is 4.79 Å². The maximum absolute atomic E-state index is 11.8. The topological polar surface area (TPSA) is 84.5 Å². The minimum absolute atomic E-state index is 0.213. The van der Waals surface area contributed by atoms with Crippen molar-refractivity contribution in [2.24, 2.45) is 0 Å². The number of carbonyl (C=O) groups excluding carboxylic acids is 1. The second-order valence-electron chi connectivity index (χ2n) is 3.53. The van der Waals surface area contributed by atoms with Crippen LogP contribution in [0.4, 0.5) is 0 Å². The van der Waals surface area contributed by atoms with E-state index >= 15 is 0 Å². The lowest BCUT2D eigenvalue weighted by atomic mass is 10.5. The number of thiophene rings is 1. The average molecular weight is 292 g/mol. The summed E-state index contributed by atoms with van der Waals surface area (Å²) < 4.78 is 30.8. The van der Waals surface area contributed by atoms with Crippen molar-refractivity contribution in [3.63, 3.8) is 0 Å². The van der Waals surface area contributed by atoms with Crippen LogP contribution in [0, 0.1) is 6.92 Å². The molecule has 0 aliphatic rings. The molecule has 1 aromatic heterocycles. The highest BCUT2D eigenvalue weighted by Gasteiger charge is 2.16. The number of aryl methyl sites for hydroxylation is 1. The van der Waals surface area contributed by atoms with Gasteiger partial charge in [-0.15, -0.1) is 11.3 Å². The Hall–Kier alpha value is -0.960. The number of methoxy groups -OCH3 is 1. The minimum Gasteiger partial charge on any atom is -0.383 e. The summed E-state index contributed by atoms with van der Waals surface area (Å²) in [6.07, 6.45) is 0. The highest BCUT2D eigenvalue weighted by Crippen LogP contribution is 2.19. The second-order valence-corrected chi connectivity index (χ2v) is 6.81. The number of nitrogens with one attached hydrogen (secondary N) is 2. The molecule has 1 aromatic rings. The molecule has 0 atom stereocenters. The van der Waals surface area contributed by atoms with Crippen molar-refractivity contribution in [2.75, 3.05) is 26.8 Å². The summed E-state index contributed by atoms with van der Waals surface area (Å²) in [6, 6.07) is 3.24. The molecule has 0 aliphatic heterocycles. The van der Waals surface area contributed by atoms with Gasteiger partial charge in [-0.1, -0.05) is 0 Å². The van der Waals surface area contributed by atoms with Gasteiger partial charge in [-0.05, 0) is 19.1 Å². The van der Waals surface area contributed by atoms with Crippen LogP contribution in [0.5, 0.6) is 0 Å². The van der Waals surface area contributed by atoms with Gasteiger partial charge < -0.3 is 10.1 Å². The van der Waals surface area contributed by atoms with Crippen molar-refractivity contribution in [3.05, 3.63) is 17.0 Å². The Kier molecular flexibility index (Phi) is 5.73. The summed E-state index contributed by atoms with van der Waals surface area (Å²) in [4.78, 5) is 12.2. The molecule has 0 saturated carbocycles. The van der Waals surface area contributed by atoms with E-state index in [-0.39, 0.29) is 16.7 Å². The quantitative estimate of drug-likeness (QED) is 0.698. The Morgan fingerprint density at radius 3 is 2.72 bits per heavy atom. The van der Waals surface area contributed by atoms with Gasteiger partial charge in [0.2, 0.25) is 5.91 Å². The number of hydrogen-bond donors (Lipinski definition) is 2. The van der Waals surface area contributed by atoms with Crippen molar-refractivity contribution in [3.8, 4) is 0 Å². The van der Waals surface area contributed by atoms with Gasteiger partial charge in [0, 0.05) is 18.5 Å². The first-order valence-corrected chi connectivity index (χ1v) is 7.57. The van der Waals surface area contributed by atoms with Crippen molar-refractivity contribution in [1.29, 1.82) is 0 Å². The van der Waals surface area contributed by atoms with Crippen LogP contribution in [0.25, 0.3) is 0 Å². The van der Waals surface area contributed by atoms with Crippen molar-refractivity contribution in [2.45, 2.75) is 11.1 Å². The molecule has 1 amide bonds. The van der Waals surface area contributed by atoms with Gasteiger partial charge in [-0.25, -0.2) is 13.1 Å². The molecular formula is C10H16N2O4S2. The van der Waals surface area contributed by atoms with E-state index in [1.54, 1.807) is 6.07 Å². The fraction of sp³-hybridized carbons (Fsp3) is 0.500. The van der Waals surface area contributed by atoms with Crippen LogP contribution in [0.3, 0.4) is 0 Å². The van der Waals surface area contributed by atoms with Crippen molar-refractivity contribution >= 4 is 27.3 Å². The zero-order chi connectivity index (χ0) is 13.6. The molecule has 6 nitrogen and oxygen atoms in total. The van der Waals surface area contributed by atoms with Crippen LogP contribution in [-0.4, -0.2) is 41.1 Å². The molecule has 0 bridgehead atoms. The molecule has 18 heavy (non-hydrogen) atoms. The molecule has 0 fully saturated rings. The fourth-order valence-electron chi connectivity index (χ4n) is 1.14. The Bertz CT molecular complexity index is 496. The van der Waals surface area contributed by atoms with Crippen LogP contribution in [0.1, 0.15) is 4.88 Å². The first kappa shape index (κ1) is 15.1. The van der Waals surface area contributed by atoms with Gasteiger partial charge >= 0.3 is 0 Å². The predicted molar refractivity (Wildman–Crippen MR) is 69.1 cm³/mol. The van der Waals surface area contributed by atoms with Gasteiger partial charge in [0.15, 0.2) is 0 Å². The zero-order valence-electron chi connectivity index (χ0n) is 10.2. The smallest absolute Gasteiger partial charge is 0.250 e. The van der Waals surface area contributed by atoms with E-state index in [1.807, 2.05) is 6.92 Å². The van der Waals surface area contributed by atoms with Gasteiger partial charge in [0.25, 0.3) is 10.0 Å². The standard InChI is InChI=1S/C10H16N2O4S2/c1-8-3-4-10(17-8)18(14,15)12-7-9(13)11-5-6-16-2/h3-4,12H,5-7H2,1-2H3,(H,11,13). The lowest BCUT2D eigenvalue weighted by Crippen LogP contribution is -2.37. The summed E-state index contributed by atoms with van der Waals surface area (Å²) in [5.74, 6) is -0.385. The Labute approximate surface area is 110 Å². The molecule has 0 spiro atoms. The molecular weight excluding hydrogens is 276 g/mol. The van der Waals surface area contributed by atoms with Crippen LogP contribution >= 0.6 is 11.3 Å². The maximum atomic E-state index is 11.8.